The summed E-state index contributed by atoms with van der Waals surface area (Å²) in [6.45, 7) is 8.47. The number of hydrogen-bond acceptors (Lipinski definition) is 3. The minimum atomic E-state index is -0.0863. The van der Waals surface area contributed by atoms with E-state index in [4.69, 9.17) is 9.47 Å². The molecule has 0 N–H and O–H groups in total. The van der Waals surface area contributed by atoms with Gasteiger partial charge in [-0.05, 0) is 49.8 Å². The van der Waals surface area contributed by atoms with Crippen molar-refractivity contribution in [2.45, 2.75) is 62.2 Å². The minimum absolute atomic E-state index is 0.0453. The topological polar surface area (TPSA) is 35.5 Å². The lowest BCUT2D eigenvalue weighted by Crippen LogP contribution is -2.34. The van der Waals surface area contributed by atoms with Crippen LogP contribution in [0.3, 0.4) is 0 Å². The fourth-order valence-electron chi connectivity index (χ4n) is 3.96. The van der Waals surface area contributed by atoms with Crippen LogP contribution < -0.4 is 9.47 Å². The van der Waals surface area contributed by atoms with E-state index in [1.165, 1.54) is 18.4 Å². The number of methoxy groups -OCH3 is 2. The van der Waals surface area contributed by atoms with E-state index in [0.29, 0.717) is 12.2 Å². The molecule has 0 heterocycles. The van der Waals surface area contributed by atoms with Gasteiger partial charge in [0, 0.05) is 17.9 Å². The van der Waals surface area contributed by atoms with Crippen LogP contribution in [0.4, 0.5) is 0 Å². The molecule has 26 heavy (non-hydrogen) atoms. The number of ether oxygens (including phenoxy) is 2. The predicted molar refractivity (Wildman–Crippen MR) is 116 cm³/mol. The first-order chi connectivity index (χ1) is 12.4. The Morgan fingerprint density at radius 3 is 2.35 bits per heavy atom. The fourth-order valence-corrected chi connectivity index (χ4v) is 5.14. The largest absolute Gasteiger partial charge is 0.496 e. The molecule has 1 aliphatic rings. The third kappa shape index (κ3) is 4.62. The van der Waals surface area contributed by atoms with Crippen molar-refractivity contribution in [1.82, 2.24) is 0 Å². The average molecular weight is 470 g/mol. The van der Waals surface area contributed by atoms with Crippen LogP contribution in [0.15, 0.2) is 24.3 Å². The van der Waals surface area contributed by atoms with Gasteiger partial charge in [0.1, 0.15) is 17.3 Å². The maximum absolute atomic E-state index is 12.5. The van der Waals surface area contributed by atoms with Gasteiger partial charge in [-0.2, -0.15) is 0 Å². The molecule has 0 radical (unpaired) electrons. The minimum Gasteiger partial charge on any atom is -0.496 e. The van der Waals surface area contributed by atoms with Crippen LogP contribution in [0.25, 0.3) is 0 Å². The van der Waals surface area contributed by atoms with Crippen LogP contribution in [-0.4, -0.2) is 23.9 Å². The Morgan fingerprint density at radius 1 is 1.23 bits per heavy atom. The van der Waals surface area contributed by atoms with Gasteiger partial charge in [0.15, 0.2) is 0 Å². The lowest BCUT2D eigenvalue weighted by molar-refractivity contribution is -0.120. The van der Waals surface area contributed by atoms with Crippen molar-refractivity contribution in [3.8, 4) is 11.5 Å². The molecule has 2 rings (SSSR count). The number of Topliss-reactive ketones (excluding diaryl/α,β-unsaturated/α-hetero) is 1. The van der Waals surface area contributed by atoms with Gasteiger partial charge in [-0.3, -0.25) is 4.79 Å². The van der Waals surface area contributed by atoms with Crippen LogP contribution in [0, 0.1) is 5.92 Å². The van der Waals surface area contributed by atoms with Gasteiger partial charge >= 0.3 is 0 Å². The summed E-state index contributed by atoms with van der Waals surface area (Å²) in [5.41, 5.74) is 3.38. The van der Waals surface area contributed by atoms with Gasteiger partial charge in [-0.1, -0.05) is 54.5 Å². The molecule has 0 unspecified atom stereocenters. The maximum atomic E-state index is 12.5. The smallest absolute Gasteiger partial charge is 0.146 e. The van der Waals surface area contributed by atoms with Crippen molar-refractivity contribution in [3.05, 3.63) is 35.4 Å². The van der Waals surface area contributed by atoms with Crippen molar-refractivity contribution in [1.29, 1.82) is 0 Å². The summed E-state index contributed by atoms with van der Waals surface area (Å²) in [6.07, 6.45) is 6.07. The molecule has 3 atom stereocenters. The van der Waals surface area contributed by atoms with Crippen molar-refractivity contribution < 1.29 is 14.3 Å². The summed E-state index contributed by atoms with van der Waals surface area (Å²) in [7, 11) is 3.41. The van der Waals surface area contributed by atoms with Gasteiger partial charge in [-0.15, -0.1) is 0 Å². The normalized spacial score (nSPS) is 23.0. The molecule has 1 aromatic carbocycles. The van der Waals surface area contributed by atoms with E-state index in [2.05, 4.69) is 55.2 Å². The van der Waals surface area contributed by atoms with Crippen molar-refractivity contribution >= 4 is 28.4 Å². The van der Waals surface area contributed by atoms with Crippen LogP contribution >= 0.6 is 22.6 Å². The maximum Gasteiger partial charge on any atom is 0.146 e. The number of allylic oxidation sites excluding steroid dienone is 1. The Labute approximate surface area is 171 Å². The van der Waals surface area contributed by atoms with Crippen LogP contribution in [0.5, 0.6) is 11.5 Å². The number of carbonyl (C=O) groups is 1. The summed E-state index contributed by atoms with van der Waals surface area (Å²) < 4.78 is 11.5. The average Bonchev–Trinajstić information content (AvgIpc) is 2.63. The van der Waals surface area contributed by atoms with Gasteiger partial charge in [0.2, 0.25) is 0 Å². The highest BCUT2D eigenvalue weighted by atomic mass is 127. The molecular weight excluding hydrogens is 439 g/mol. The molecule has 0 bridgehead atoms. The summed E-state index contributed by atoms with van der Waals surface area (Å²) >= 11 is 2.30. The molecule has 0 aliphatic heterocycles. The van der Waals surface area contributed by atoms with E-state index >= 15 is 0 Å². The molecule has 144 valence electrons. The second kappa shape index (κ2) is 9.77. The Balaban J connectivity index is 2.50. The first-order valence-electron chi connectivity index (χ1n) is 9.51. The summed E-state index contributed by atoms with van der Waals surface area (Å²) in [6, 6.07) is 4.26. The number of rotatable bonds is 8. The number of hydrogen-bond donors (Lipinski definition) is 0. The SMILES string of the molecule is C=C(C)[C@@H]1CCC(=O)[C@H](I)[C@H]1c1c(OC)cc(CCCCC)cc1OC. The number of aryl methyl sites for hydroxylation is 1. The van der Waals surface area contributed by atoms with E-state index < -0.39 is 0 Å². The Morgan fingerprint density at radius 2 is 1.85 bits per heavy atom. The predicted octanol–water partition coefficient (Wildman–Crippen LogP) is 5.88. The summed E-state index contributed by atoms with van der Waals surface area (Å²) in [5, 5.41) is 0. The third-order valence-corrected chi connectivity index (χ3v) is 6.87. The molecule has 0 aromatic heterocycles. The zero-order valence-electron chi connectivity index (χ0n) is 16.4. The Hall–Kier alpha value is -1.04. The number of carbonyl (C=O) groups excluding carboxylic acids is 1. The van der Waals surface area contributed by atoms with Gasteiger partial charge in [0.05, 0.1) is 18.1 Å². The zero-order valence-corrected chi connectivity index (χ0v) is 18.6. The molecule has 1 aliphatic carbocycles. The molecule has 1 aromatic rings. The van der Waals surface area contributed by atoms with Crippen molar-refractivity contribution in [3.63, 3.8) is 0 Å². The van der Waals surface area contributed by atoms with Crippen LogP contribution in [-0.2, 0) is 11.2 Å². The van der Waals surface area contributed by atoms with E-state index in [9.17, 15) is 4.79 Å². The monoisotopic (exact) mass is 470 g/mol. The molecular formula is C22H31IO3. The lowest BCUT2D eigenvalue weighted by atomic mass is 9.71. The second-order valence-corrected chi connectivity index (χ2v) is 8.60. The number of ketones is 1. The Kier molecular flexibility index (Phi) is 7.99. The van der Waals surface area contributed by atoms with Crippen LogP contribution in [0.1, 0.15) is 63.0 Å². The van der Waals surface area contributed by atoms with Crippen LogP contribution in [0.2, 0.25) is 0 Å². The number of halogens is 1. The zero-order chi connectivity index (χ0) is 19.3. The number of alkyl halides is 1. The first kappa shape index (κ1) is 21.3. The first-order valence-corrected chi connectivity index (χ1v) is 10.8. The molecule has 4 heteroatoms. The van der Waals surface area contributed by atoms with E-state index in [-0.39, 0.29) is 15.8 Å². The highest BCUT2D eigenvalue weighted by Crippen LogP contribution is 2.49. The number of benzene rings is 1. The Bertz CT molecular complexity index is 628. The standard InChI is InChI=1S/C22H31IO3/c1-6-7-8-9-15-12-18(25-4)21(19(13-15)26-5)20-16(14(2)3)10-11-17(24)22(20)23/h12-13,16,20,22H,2,6-11H2,1,3-5H3/t16-,20+,22-/m0/s1. The molecule has 0 spiro atoms. The summed E-state index contributed by atoms with van der Waals surface area (Å²) in [5.74, 6) is 2.29. The summed E-state index contributed by atoms with van der Waals surface area (Å²) in [4.78, 5) is 12.5. The van der Waals surface area contributed by atoms with E-state index in [1.807, 2.05) is 0 Å². The molecule has 1 fully saturated rings. The van der Waals surface area contributed by atoms with Gasteiger partial charge in [0.25, 0.3) is 0 Å². The number of unbranched alkanes of at least 4 members (excludes halogenated alkanes) is 2. The quantitative estimate of drug-likeness (QED) is 0.206. The van der Waals surface area contributed by atoms with E-state index in [0.717, 1.165) is 41.9 Å². The second-order valence-electron chi connectivity index (χ2n) is 7.26. The molecule has 1 saturated carbocycles. The molecule has 3 nitrogen and oxygen atoms in total. The molecule has 0 saturated heterocycles. The highest BCUT2D eigenvalue weighted by molar-refractivity contribution is 14.1. The fraction of sp³-hybridized carbons (Fsp3) is 0.591. The van der Waals surface area contributed by atoms with E-state index in [1.54, 1.807) is 14.2 Å². The highest BCUT2D eigenvalue weighted by Gasteiger charge is 2.41. The third-order valence-electron chi connectivity index (χ3n) is 5.40. The van der Waals surface area contributed by atoms with Crippen molar-refractivity contribution in [2.24, 2.45) is 5.92 Å². The molecule has 0 amide bonds. The van der Waals surface area contributed by atoms with Crippen molar-refractivity contribution in [2.75, 3.05) is 14.2 Å². The van der Waals surface area contributed by atoms with Gasteiger partial charge < -0.3 is 9.47 Å². The van der Waals surface area contributed by atoms with Gasteiger partial charge in [-0.25, -0.2) is 0 Å². The lowest BCUT2D eigenvalue weighted by Gasteiger charge is -2.37.